The van der Waals surface area contributed by atoms with Crippen LogP contribution >= 0.6 is 35.0 Å². The average molecular weight is 316 g/mol. The second-order valence-electron chi connectivity index (χ2n) is 4.42. The van der Waals surface area contributed by atoms with Gasteiger partial charge in [0.05, 0.1) is 16.5 Å². The Labute approximate surface area is 127 Å². The van der Waals surface area contributed by atoms with Crippen LogP contribution in [0.25, 0.3) is 0 Å². The van der Waals surface area contributed by atoms with Crippen molar-refractivity contribution < 1.29 is 0 Å². The quantitative estimate of drug-likeness (QED) is 0.870. The Hall–Kier alpha value is -0.680. The van der Waals surface area contributed by atoms with Crippen molar-refractivity contribution in [3.8, 4) is 0 Å². The molecule has 102 valence electrons. The third-order valence-electron chi connectivity index (χ3n) is 2.68. The molecule has 2 atom stereocenters. The van der Waals surface area contributed by atoms with E-state index in [0.29, 0.717) is 10.0 Å². The molecule has 3 nitrogen and oxygen atoms in total. The zero-order chi connectivity index (χ0) is 14.0. The van der Waals surface area contributed by atoms with Crippen LogP contribution in [0.2, 0.25) is 10.0 Å². The number of nitrogens with zero attached hydrogens (tertiary/aromatic N) is 2. The fraction of sp³-hybridized carbons (Fsp3) is 0.308. The molecule has 19 heavy (non-hydrogen) atoms. The summed E-state index contributed by atoms with van der Waals surface area (Å²) in [5, 5.41) is 5.63. The summed E-state index contributed by atoms with van der Waals surface area (Å²) in [4.78, 5) is 0.931. The van der Waals surface area contributed by atoms with Crippen molar-refractivity contribution in [2.45, 2.75) is 23.1 Å². The normalized spacial score (nSPS) is 14.4. The van der Waals surface area contributed by atoms with Crippen LogP contribution in [0.15, 0.2) is 35.5 Å². The summed E-state index contributed by atoms with van der Waals surface area (Å²) < 4.78 is 1.77. The Morgan fingerprint density at radius 1 is 1.37 bits per heavy atom. The van der Waals surface area contributed by atoms with Crippen molar-refractivity contribution >= 4 is 35.0 Å². The van der Waals surface area contributed by atoms with Gasteiger partial charge in [0.2, 0.25) is 0 Å². The van der Waals surface area contributed by atoms with Crippen LogP contribution in [0.4, 0.5) is 0 Å². The third kappa shape index (κ3) is 3.66. The Bertz CT molecular complexity index is 569. The molecule has 0 aliphatic heterocycles. The molecule has 2 aromatic rings. The van der Waals surface area contributed by atoms with Gasteiger partial charge in [0.1, 0.15) is 0 Å². The van der Waals surface area contributed by atoms with E-state index in [9.17, 15) is 0 Å². The van der Waals surface area contributed by atoms with E-state index in [2.05, 4.69) is 5.10 Å². The predicted molar refractivity (Wildman–Crippen MR) is 81.9 cm³/mol. The number of hydrogen-bond acceptors (Lipinski definition) is 3. The smallest absolute Gasteiger partial charge is 0.0543 e. The summed E-state index contributed by atoms with van der Waals surface area (Å²) >= 11 is 13.8. The van der Waals surface area contributed by atoms with E-state index < -0.39 is 0 Å². The molecule has 0 radical (unpaired) electrons. The van der Waals surface area contributed by atoms with Gasteiger partial charge in [-0.3, -0.25) is 4.68 Å². The maximum absolute atomic E-state index is 6.20. The van der Waals surface area contributed by atoms with Gasteiger partial charge in [0, 0.05) is 34.8 Å². The van der Waals surface area contributed by atoms with Gasteiger partial charge in [0.15, 0.2) is 0 Å². The third-order valence-corrected chi connectivity index (χ3v) is 4.90. The highest BCUT2D eigenvalue weighted by Crippen LogP contribution is 2.41. The summed E-state index contributed by atoms with van der Waals surface area (Å²) in [6, 6.07) is 5.41. The first-order valence-corrected chi connectivity index (χ1v) is 7.47. The Morgan fingerprint density at radius 2 is 2.11 bits per heavy atom. The Balaban J connectivity index is 2.29. The highest BCUT2D eigenvalue weighted by atomic mass is 35.5. The minimum atomic E-state index is -0.0238. The van der Waals surface area contributed by atoms with Gasteiger partial charge in [-0.05, 0) is 25.1 Å². The number of hydrogen-bond donors (Lipinski definition) is 1. The number of aryl methyl sites for hydroxylation is 1. The number of nitrogens with two attached hydrogens (primary N) is 1. The molecular weight excluding hydrogens is 301 g/mol. The van der Waals surface area contributed by atoms with Crippen molar-refractivity contribution in [3.63, 3.8) is 0 Å². The zero-order valence-electron chi connectivity index (χ0n) is 10.7. The highest BCUT2D eigenvalue weighted by Gasteiger charge is 2.20. The van der Waals surface area contributed by atoms with Crippen LogP contribution in [-0.4, -0.2) is 15.8 Å². The maximum Gasteiger partial charge on any atom is 0.0543 e. The van der Waals surface area contributed by atoms with Crippen molar-refractivity contribution in [1.82, 2.24) is 9.78 Å². The standard InChI is InChI=1S/C13H15Cl2N3S/c1-8(16)13(9-6-17-18(2)7-9)19-12-5-10(14)3-4-11(12)15/h3-8,13H,16H2,1-2H3. The molecule has 2 N–H and O–H groups in total. The van der Waals surface area contributed by atoms with Gasteiger partial charge >= 0.3 is 0 Å². The van der Waals surface area contributed by atoms with E-state index in [4.69, 9.17) is 28.9 Å². The van der Waals surface area contributed by atoms with Crippen LogP contribution in [0.3, 0.4) is 0 Å². The minimum absolute atomic E-state index is 0.0238. The highest BCUT2D eigenvalue weighted by molar-refractivity contribution is 7.99. The molecule has 1 aromatic heterocycles. The van der Waals surface area contributed by atoms with E-state index in [1.54, 1.807) is 28.6 Å². The van der Waals surface area contributed by atoms with Crippen molar-refractivity contribution in [3.05, 3.63) is 46.2 Å². The monoisotopic (exact) mass is 315 g/mol. The fourth-order valence-corrected chi connectivity index (χ4v) is 3.38. The van der Waals surface area contributed by atoms with Gasteiger partial charge < -0.3 is 5.73 Å². The predicted octanol–water partition coefficient (Wildman–Crippen LogP) is 3.91. The zero-order valence-corrected chi connectivity index (χ0v) is 13.0. The van der Waals surface area contributed by atoms with E-state index in [0.717, 1.165) is 10.5 Å². The molecule has 0 amide bonds. The lowest BCUT2D eigenvalue weighted by atomic mass is 10.1. The fourth-order valence-electron chi connectivity index (χ4n) is 1.77. The first-order chi connectivity index (χ1) is 8.97. The van der Waals surface area contributed by atoms with Crippen LogP contribution in [0, 0.1) is 0 Å². The van der Waals surface area contributed by atoms with Crippen LogP contribution in [0.5, 0.6) is 0 Å². The molecule has 2 rings (SSSR count). The molecule has 2 unspecified atom stereocenters. The molecule has 0 spiro atoms. The van der Waals surface area contributed by atoms with E-state index in [1.165, 1.54) is 0 Å². The molecule has 0 saturated heterocycles. The van der Waals surface area contributed by atoms with Crippen LogP contribution < -0.4 is 5.73 Å². The average Bonchev–Trinajstić information content (AvgIpc) is 2.76. The van der Waals surface area contributed by atoms with Gasteiger partial charge in [0.25, 0.3) is 0 Å². The summed E-state index contributed by atoms with van der Waals surface area (Å²) in [7, 11) is 1.89. The van der Waals surface area contributed by atoms with E-state index >= 15 is 0 Å². The molecule has 0 aliphatic rings. The molecule has 0 aliphatic carbocycles. The molecule has 0 bridgehead atoms. The minimum Gasteiger partial charge on any atom is -0.327 e. The van der Waals surface area contributed by atoms with Crippen molar-refractivity contribution in [2.24, 2.45) is 12.8 Å². The Kier molecular flexibility index (Phi) is 4.79. The molecule has 0 saturated carbocycles. The molecule has 1 aromatic carbocycles. The number of thioether (sulfide) groups is 1. The number of aromatic nitrogens is 2. The number of rotatable bonds is 4. The lowest BCUT2D eigenvalue weighted by Crippen LogP contribution is -2.22. The SMILES string of the molecule is CC(N)C(Sc1cc(Cl)ccc1Cl)c1cnn(C)c1. The molecular formula is C13H15Cl2N3S. The molecule has 1 heterocycles. The summed E-state index contributed by atoms with van der Waals surface area (Å²) in [6.07, 6.45) is 3.80. The topological polar surface area (TPSA) is 43.8 Å². The second kappa shape index (κ2) is 6.18. The summed E-state index contributed by atoms with van der Waals surface area (Å²) in [5.41, 5.74) is 7.16. The van der Waals surface area contributed by atoms with Crippen LogP contribution in [-0.2, 0) is 7.05 Å². The lowest BCUT2D eigenvalue weighted by Gasteiger charge is -2.19. The lowest BCUT2D eigenvalue weighted by molar-refractivity contribution is 0.718. The van der Waals surface area contributed by atoms with Crippen LogP contribution in [0.1, 0.15) is 17.7 Å². The van der Waals surface area contributed by atoms with Gasteiger partial charge in [-0.2, -0.15) is 5.10 Å². The molecule has 0 fully saturated rings. The second-order valence-corrected chi connectivity index (χ2v) is 6.45. The number of benzene rings is 1. The largest absolute Gasteiger partial charge is 0.327 e. The van der Waals surface area contributed by atoms with Crippen molar-refractivity contribution in [1.29, 1.82) is 0 Å². The summed E-state index contributed by atoms with van der Waals surface area (Å²) in [6.45, 7) is 1.98. The van der Waals surface area contributed by atoms with E-state index in [-0.39, 0.29) is 11.3 Å². The molecule has 6 heteroatoms. The summed E-state index contributed by atoms with van der Waals surface area (Å²) in [5.74, 6) is 0. The first-order valence-electron chi connectivity index (χ1n) is 5.83. The maximum atomic E-state index is 6.20. The van der Waals surface area contributed by atoms with Gasteiger partial charge in [-0.15, -0.1) is 11.8 Å². The van der Waals surface area contributed by atoms with Crippen molar-refractivity contribution in [2.75, 3.05) is 0 Å². The number of halogens is 2. The van der Waals surface area contributed by atoms with Gasteiger partial charge in [-0.25, -0.2) is 0 Å². The van der Waals surface area contributed by atoms with E-state index in [1.807, 2.05) is 32.4 Å². The first kappa shape index (κ1) is 14.7. The van der Waals surface area contributed by atoms with Gasteiger partial charge in [-0.1, -0.05) is 23.2 Å². The Morgan fingerprint density at radius 3 is 2.68 bits per heavy atom.